The van der Waals surface area contributed by atoms with Crippen molar-refractivity contribution in [1.29, 1.82) is 0 Å². The lowest BCUT2D eigenvalue weighted by atomic mass is 9.96. The molecule has 0 aliphatic carbocycles. The number of imide groups is 1. The summed E-state index contributed by atoms with van der Waals surface area (Å²) in [5.74, 6) is -2.02. The van der Waals surface area contributed by atoms with Crippen molar-refractivity contribution >= 4 is 29.5 Å². The van der Waals surface area contributed by atoms with E-state index in [0.717, 1.165) is 17.7 Å². The highest BCUT2D eigenvalue weighted by Crippen LogP contribution is 2.33. The van der Waals surface area contributed by atoms with E-state index < -0.39 is 29.9 Å². The Bertz CT molecular complexity index is 749. The van der Waals surface area contributed by atoms with Crippen LogP contribution in [0.5, 0.6) is 0 Å². The number of hydrogen-bond donors (Lipinski definition) is 2. The van der Waals surface area contributed by atoms with Crippen LogP contribution in [0.25, 0.3) is 0 Å². The van der Waals surface area contributed by atoms with Crippen LogP contribution in [0.4, 0.5) is 10.5 Å². The molecule has 3 atom stereocenters. The SMILES string of the molecule is CC[C@@H](C)c1ccccc1N1C[C@H](C(=O)O[C@@H](C)C(=O)NC(N)=O)CC1=O. The molecule has 0 saturated carbocycles. The Kier molecular flexibility index (Phi) is 6.55. The fourth-order valence-electron chi connectivity index (χ4n) is 3.02. The van der Waals surface area contributed by atoms with Gasteiger partial charge in [0.2, 0.25) is 5.91 Å². The number of urea groups is 1. The summed E-state index contributed by atoms with van der Waals surface area (Å²) in [6.07, 6.45) is -0.240. The summed E-state index contributed by atoms with van der Waals surface area (Å²) < 4.78 is 5.09. The Balaban J connectivity index is 2.08. The molecule has 0 radical (unpaired) electrons. The number of esters is 1. The van der Waals surface area contributed by atoms with Crippen LogP contribution >= 0.6 is 0 Å². The van der Waals surface area contributed by atoms with Crippen molar-refractivity contribution in [2.45, 2.75) is 45.6 Å². The van der Waals surface area contributed by atoms with Gasteiger partial charge in [-0.2, -0.15) is 0 Å². The standard InChI is InChI=1S/C19H25N3O5/c1-4-11(2)14-7-5-6-8-15(14)22-10-13(9-16(22)23)18(25)27-12(3)17(24)21-19(20)26/h5-8,11-13H,4,9-10H2,1-3H3,(H3,20,21,24,26)/t11-,12+,13-/m1/s1. The molecule has 1 aromatic carbocycles. The number of rotatable bonds is 6. The van der Waals surface area contributed by atoms with Crippen molar-refractivity contribution in [1.82, 2.24) is 5.32 Å². The van der Waals surface area contributed by atoms with Crippen LogP contribution in [0, 0.1) is 5.92 Å². The molecule has 27 heavy (non-hydrogen) atoms. The van der Waals surface area contributed by atoms with Crippen LogP contribution in [-0.2, 0) is 19.1 Å². The zero-order valence-corrected chi connectivity index (χ0v) is 15.7. The van der Waals surface area contributed by atoms with Crippen molar-refractivity contribution in [2.24, 2.45) is 11.7 Å². The maximum Gasteiger partial charge on any atom is 0.318 e. The second-order valence-electron chi connectivity index (χ2n) is 6.71. The van der Waals surface area contributed by atoms with Crippen molar-refractivity contribution in [2.75, 3.05) is 11.4 Å². The molecular weight excluding hydrogens is 350 g/mol. The van der Waals surface area contributed by atoms with Gasteiger partial charge in [0.15, 0.2) is 6.10 Å². The Morgan fingerprint density at radius 1 is 1.30 bits per heavy atom. The van der Waals surface area contributed by atoms with Crippen LogP contribution < -0.4 is 16.0 Å². The van der Waals surface area contributed by atoms with E-state index in [4.69, 9.17) is 10.5 Å². The molecule has 1 aliphatic heterocycles. The molecule has 1 heterocycles. The molecule has 0 spiro atoms. The Labute approximate surface area is 158 Å². The predicted molar refractivity (Wildman–Crippen MR) is 98.9 cm³/mol. The molecule has 1 aromatic rings. The second kappa shape index (κ2) is 8.66. The average molecular weight is 375 g/mol. The maximum atomic E-state index is 12.5. The summed E-state index contributed by atoms with van der Waals surface area (Å²) in [6.45, 7) is 5.69. The summed E-state index contributed by atoms with van der Waals surface area (Å²) in [4.78, 5) is 48.8. The van der Waals surface area contributed by atoms with Gasteiger partial charge in [0.05, 0.1) is 5.92 Å². The first-order valence-corrected chi connectivity index (χ1v) is 8.94. The first-order chi connectivity index (χ1) is 12.7. The third-order valence-corrected chi connectivity index (χ3v) is 4.74. The zero-order valence-electron chi connectivity index (χ0n) is 15.7. The van der Waals surface area contributed by atoms with Crippen LogP contribution in [0.2, 0.25) is 0 Å². The minimum atomic E-state index is -1.18. The summed E-state index contributed by atoms with van der Waals surface area (Å²) in [7, 11) is 0. The first-order valence-electron chi connectivity index (χ1n) is 8.94. The molecule has 8 nitrogen and oxygen atoms in total. The number of hydrogen-bond acceptors (Lipinski definition) is 5. The summed E-state index contributed by atoms with van der Waals surface area (Å²) in [6, 6.07) is 6.62. The molecular formula is C19H25N3O5. The summed E-state index contributed by atoms with van der Waals surface area (Å²) in [5, 5.41) is 1.85. The lowest BCUT2D eigenvalue weighted by Crippen LogP contribution is -2.42. The van der Waals surface area contributed by atoms with Crippen LogP contribution in [-0.4, -0.2) is 36.5 Å². The van der Waals surface area contributed by atoms with Crippen LogP contribution in [0.15, 0.2) is 24.3 Å². The number of nitrogens with one attached hydrogen (secondary N) is 1. The number of carbonyl (C=O) groups excluding carboxylic acids is 4. The zero-order chi connectivity index (χ0) is 20.1. The second-order valence-corrected chi connectivity index (χ2v) is 6.71. The van der Waals surface area contributed by atoms with E-state index in [-0.39, 0.29) is 24.8 Å². The van der Waals surface area contributed by atoms with E-state index in [9.17, 15) is 19.2 Å². The molecule has 8 heteroatoms. The normalized spacial score (nSPS) is 18.7. The number of benzene rings is 1. The van der Waals surface area contributed by atoms with Gasteiger partial charge in [-0.1, -0.05) is 32.0 Å². The topological polar surface area (TPSA) is 119 Å². The molecule has 146 valence electrons. The van der Waals surface area contributed by atoms with Crippen LogP contribution in [0.1, 0.15) is 45.1 Å². The van der Waals surface area contributed by atoms with E-state index in [1.807, 2.05) is 29.6 Å². The van der Waals surface area contributed by atoms with Crippen molar-refractivity contribution in [3.05, 3.63) is 29.8 Å². The molecule has 3 N–H and O–H groups in total. The van der Waals surface area contributed by atoms with E-state index in [1.54, 1.807) is 4.90 Å². The number of ether oxygens (including phenoxy) is 1. The molecule has 0 bridgehead atoms. The minimum absolute atomic E-state index is 0.0117. The predicted octanol–water partition coefficient (Wildman–Crippen LogP) is 1.68. The van der Waals surface area contributed by atoms with Gasteiger partial charge in [0.1, 0.15) is 0 Å². The first kappa shape index (κ1) is 20.4. The number of anilines is 1. The summed E-state index contributed by atoms with van der Waals surface area (Å²) in [5.41, 5.74) is 6.72. The van der Waals surface area contributed by atoms with Gasteiger partial charge in [-0.3, -0.25) is 19.7 Å². The van der Waals surface area contributed by atoms with E-state index in [1.165, 1.54) is 6.92 Å². The third kappa shape index (κ3) is 4.84. The minimum Gasteiger partial charge on any atom is -0.452 e. The maximum absolute atomic E-state index is 12.5. The Hall–Kier alpha value is -2.90. The highest BCUT2D eigenvalue weighted by atomic mass is 16.5. The number of para-hydroxylation sites is 1. The van der Waals surface area contributed by atoms with E-state index in [2.05, 4.69) is 13.8 Å². The molecule has 4 amide bonds. The largest absolute Gasteiger partial charge is 0.452 e. The van der Waals surface area contributed by atoms with Gasteiger partial charge in [-0.05, 0) is 30.9 Å². The highest BCUT2D eigenvalue weighted by molar-refractivity contribution is 6.01. The van der Waals surface area contributed by atoms with Gasteiger partial charge in [0, 0.05) is 18.7 Å². The molecule has 1 saturated heterocycles. The number of nitrogens with zero attached hydrogens (tertiary/aromatic N) is 1. The lowest BCUT2D eigenvalue weighted by molar-refractivity contribution is -0.158. The van der Waals surface area contributed by atoms with E-state index >= 15 is 0 Å². The van der Waals surface area contributed by atoms with Gasteiger partial charge < -0.3 is 15.4 Å². The Morgan fingerprint density at radius 2 is 1.96 bits per heavy atom. The number of nitrogens with two attached hydrogens (primary N) is 1. The number of carbonyl (C=O) groups is 4. The van der Waals surface area contributed by atoms with Gasteiger partial charge in [-0.15, -0.1) is 0 Å². The molecule has 1 aliphatic rings. The van der Waals surface area contributed by atoms with Gasteiger partial charge in [-0.25, -0.2) is 4.79 Å². The third-order valence-electron chi connectivity index (χ3n) is 4.74. The van der Waals surface area contributed by atoms with Crippen molar-refractivity contribution in [3.8, 4) is 0 Å². The number of amides is 4. The quantitative estimate of drug-likeness (QED) is 0.733. The summed E-state index contributed by atoms with van der Waals surface area (Å²) >= 11 is 0. The lowest BCUT2D eigenvalue weighted by Gasteiger charge is -2.23. The van der Waals surface area contributed by atoms with Crippen molar-refractivity contribution < 1.29 is 23.9 Å². The van der Waals surface area contributed by atoms with Gasteiger partial charge in [0.25, 0.3) is 5.91 Å². The fourth-order valence-corrected chi connectivity index (χ4v) is 3.02. The highest BCUT2D eigenvalue weighted by Gasteiger charge is 2.38. The van der Waals surface area contributed by atoms with Gasteiger partial charge >= 0.3 is 12.0 Å². The Morgan fingerprint density at radius 3 is 2.59 bits per heavy atom. The van der Waals surface area contributed by atoms with Crippen molar-refractivity contribution in [3.63, 3.8) is 0 Å². The molecule has 2 rings (SSSR count). The smallest absolute Gasteiger partial charge is 0.318 e. The number of primary amides is 1. The fraction of sp³-hybridized carbons (Fsp3) is 0.474. The molecule has 1 fully saturated rings. The molecule has 0 aromatic heterocycles. The molecule has 0 unspecified atom stereocenters. The van der Waals surface area contributed by atoms with Crippen LogP contribution in [0.3, 0.4) is 0 Å². The average Bonchev–Trinajstić information content (AvgIpc) is 3.02. The van der Waals surface area contributed by atoms with E-state index in [0.29, 0.717) is 0 Å². The monoisotopic (exact) mass is 375 g/mol.